The van der Waals surface area contributed by atoms with E-state index in [-0.39, 0.29) is 0 Å². The molecule has 12 rings (SSSR count). The molecular weight excluding hydrogens is 751 g/mol. The van der Waals surface area contributed by atoms with Crippen molar-refractivity contribution in [2.45, 2.75) is 0 Å². The molecule has 1 aromatic heterocycles. The fraction of sp³-hybridized carbons (Fsp3) is 0. The second kappa shape index (κ2) is 14.8. The normalized spacial score (nSPS) is 11.5. The standard InChI is InChI=1S/C60H39NO/c1-4-18-49-42(13-1)16-11-23-51(49)44-29-27-40(28-30-44)41-31-35-47(36-32-41)61(48-37-33-45(34-38-48)52-24-12-17-43-14-2-5-19-50(43)52)57-25-9-7-21-54(57)56-39-46-15-3-6-20-53(46)60-59(56)55-22-8-10-26-58(55)62-60/h1-39H. The van der Waals surface area contributed by atoms with Crippen molar-refractivity contribution in [1.29, 1.82) is 0 Å². The minimum atomic E-state index is 0.888. The SMILES string of the molecule is c1ccc(N(c2ccc(-c3ccc(-c4cccc5ccccc45)cc3)cc2)c2ccc(-c3cccc4ccccc34)cc2)c(-c2cc3ccccc3c3oc4ccccc4c23)c1. The van der Waals surface area contributed by atoms with Gasteiger partial charge in [-0.1, -0.05) is 194 Å². The van der Waals surface area contributed by atoms with Crippen LogP contribution < -0.4 is 4.90 Å². The van der Waals surface area contributed by atoms with Gasteiger partial charge in [0.1, 0.15) is 11.2 Å². The van der Waals surface area contributed by atoms with E-state index in [0.29, 0.717) is 0 Å². The van der Waals surface area contributed by atoms with Crippen LogP contribution in [0.15, 0.2) is 241 Å². The molecule has 0 aliphatic heterocycles. The van der Waals surface area contributed by atoms with E-state index in [9.17, 15) is 0 Å². The summed E-state index contributed by atoms with van der Waals surface area (Å²) in [4.78, 5) is 2.40. The van der Waals surface area contributed by atoms with Crippen LogP contribution in [0.5, 0.6) is 0 Å². The molecule has 11 aromatic carbocycles. The minimum Gasteiger partial charge on any atom is -0.455 e. The summed E-state index contributed by atoms with van der Waals surface area (Å²) in [7, 11) is 0. The van der Waals surface area contributed by atoms with E-state index < -0.39 is 0 Å². The second-order valence-electron chi connectivity index (χ2n) is 16.0. The van der Waals surface area contributed by atoms with E-state index in [4.69, 9.17) is 4.42 Å². The lowest BCUT2D eigenvalue weighted by Crippen LogP contribution is -2.11. The van der Waals surface area contributed by atoms with E-state index in [1.54, 1.807) is 0 Å². The van der Waals surface area contributed by atoms with Crippen LogP contribution in [0.3, 0.4) is 0 Å². The smallest absolute Gasteiger partial charge is 0.143 e. The molecule has 0 saturated carbocycles. The highest BCUT2D eigenvalue weighted by Gasteiger charge is 2.22. The van der Waals surface area contributed by atoms with E-state index in [1.807, 2.05) is 6.07 Å². The number of nitrogens with zero attached hydrogens (tertiary/aromatic N) is 1. The van der Waals surface area contributed by atoms with Crippen LogP contribution >= 0.6 is 0 Å². The summed E-state index contributed by atoms with van der Waals surface area (Å²) in [5, 5.41) is 9.50. The fourth-order valence-electron chi connectivity index (χ4n) is 9.49. The minimum absolute atomic E-state index is 0.888. The Labute approximate surface area is 360 Å². The van der Waals surface area contributed by atoms with E-state index >= 15 is 0 Å². The van der Waals surface area contributed by atoms with Gasteiger partial charge in [0.25, 0.3) is 0 Å². The quantitative estimate of drug-likeness (QED) is 0.160. The molecule has 2 nitrogen and oxygen atoms in total. The molecule has 0 atom stereocenters. The Balaban J connectivity index is 0.999. The summed E-state index contributed by atoms with van der Waals surface area (Å²) in [5.41, 5.74) is 14.5. The highest BCUT2D eigenvalue weighted by molar-refractivity contribution is 6.22. The van der Waals surface area contributed by atoms with Crippen LogP contribution in [-0.2, 0) is 0 Å². The monoisotopic (exact) mass is 789 g/mol. The van der Waals surface area contributed by atoms with Crippen LogP contribution in [0, 0.1) is 0 Å². The third kappa shape index (κ3) is 6.04. The average Bonchev–Trinajstić information content (AvgIpc) is 3.75. The molecule has 12 aromatic rings. The summed E-state index contributed by atoms with van der Waals surface area (Å²) in [5.74, 6) is 0. The maximum absolute atomic E-state index is 6.68. The summed E-state index contributed by atoms with van der Waals surface area (Å²) in [6.45, 7) is 0. The predicted molar refractivity (Wildman–Crippen MR) is 263 cm³/mol. The van der Waals surface area contributed by atoms with Crippen molar-refractivity contribution in [3.8, 4) is 44.5 Å². The summed E-state index contributed by atoms with van der Waals surface area (Å²) < 4.78 is 6.68. The Morgan fingerprint density at radius 3 is 1.35 bits per heavy atom. The molecule has 0 amide bonds. The Hall–Kier alpha value is -8.20. The van der Waals surface area contributed by atoms with Gasteiger partial charge in [0.05, 0.1) is 5.69 Å². The van der Waals surface area contributed by atoms with Crippen molar-refractivity contribution in [2.75, 3.05) is 4.90 Å². The van der Waals surface area contributed by atoms with Crippen LogP contribution in [0.25, 0.3) is 98.8 Å². The van der Waals surface area contributed by atoms with E-state index in [2.05, 4.69) is 235 Å². The van der Waals surface area contributed by atoms with Crippen molar-refractivity contribution < 1.29 is 4.42 Å². The van der Waals surface area contributed by atoms with Gasteiger partial charge in [-0.05, 0) is 108 Å². The zero-order valence-electron chi connectivity index (χ0n) is 33.9. The van der Waals surface area contributed by atoms with Crippen molar-refractivity contribution in [3.05, 3.63) is 237 Å². The van der Waals surface area contributed by atoms with Crippen LogP contribution in [0.1, 0.15) is 0 Å². The maximum Gasteiger partial charge on any atom is 0.143 e. The van der Waals surface area contributed by atoms with Gasteiger partial charge >= 0.3 is 0 Å². The van der Waals surface area contributed by atoms with Gasteiger partial charge in [-0.2, -0.15) is 0 Å². The van der Waals surface area contributed by atoms with Crippen LogP contribution in [-0.4, -0.2) is 0 Å². The first-order valence-corrected chi connectivity index (χ1v) is 21.2. The second-order valence-corrected chi connectivity index (χ2v) is 16.0. The van der Waals surface area contributed by atoms with Crippen LogP contribution in [0.4, 0.5) is 17.1 Å². The number of rotatable bonds is 7. The van der Waals surface area contributed by atoms with Gasteiger partial charge in [-0.15, -0.1) is 0 Å². The summed E-state index contributed by atoms with van der Waals surface area (Å²) in [6.07, 6.45) is 0. The van der Waals surface area contributed by atoms with Gasteiger partial charge in [0, 0.05) is 33.1 Å². The highest BCUT2D eigenvalue weighted by atomic mass is 16.3. The molecule has 0 aliphatic carbocycles. The van der Waals surface area contributed by atoms with Gasteiger partial charge in [-0.3, -0.25) is 0 Å². The zero-order chi connectivity index (χ0) is 41.0. The number of benzene rings is 11. The summed E-state index contributed by atoms with van der Waals surface area (Å²) in [6, 6.07) is 85.4. The van der Waals surface area contributed by atoms with E-state index in [0.717, 1.165) is 60.9 Å². The molecule has 0 bridgehead atoms. The first kappa shape index (κ1) is 35.7. The Morgan fingerprint density at radius 2 is 0.726 bits per heavy atom. The number of hydrogen-bond donors (Lipinski definition) is 0. The first-order chi connectivity index (χ1) is 30.7. The molecule has 0 unspecified atom stereocenters. The van der Waals surface area contributed by atoms with Crippen molar-refractivity contribution in [2.24, 2.45) is 0 Å². The molecular formula is C60H39NO. The first-order valence-electron chi connectivity index (χ1n) is 21.2. The predicted octanol–water partition coefficient (Wildman–Crippen LogP) is 17.2. The van der Waals surface area contributed by atoms with Crippen molar-refractivity contribution in [3.63, 3.8) is 0 Å². The molecule has 0 spiro atoms. The van der Waals surface area contributed by atoms with Gasteiger partial charge in [0.2, 0.25) is 0 Å². The number of anilines is 3. The van der Waals surface area contributed by atoms with E-state index in [1.165, 1.54) is 54.9 Å². The van der Waals surface area contributed by atoms with Crippen LogP contribution in [0.2, 0.25) is 0 Å². The topological polar surface area (TPSA) is 16.4 Å². The maximum atomic E-state index is 6.68. The van der Waals surface area contributed by atoms with Crippen molar-refractivity contribution >= 4 is 71.3 Å². The third-order valence-electron chi connectivity index (χ3n) is 12.5. The molecule has 1 heterocycles. The number of hydrogen-bond acceptors (Lipinski definition) is 2. The number of para-hydroxylation sites is 2. The lowest BCUT2D eigenvalue weighted by molar-refractivity contribution is 0.673. The van der Waals surface area contributed by atoms with Crippen molar-refractivity contribution in [1.82, 2.24) is 0 Å². The molecule has 0 radical (unpaired) electrons. The molecule has 62 heavy (non-hydrogen) atoms. The summed E-state index contributed by atoms with van der Waals surface area (Å²) >= 11 is 0. The lowest BCUT2D eigenvalue weighted by Gasteiger charge is -2.28. The molecule has 290 valence electrons. The fourth-order valence-corrected chi connectivity index (χ4v) is 9.49. The number of fused-ring (bicyclic) bond motifs is 7. The van der Waals surface area contributed by atoms with Gasteiger partial charge in [-0.25, -0.2) is 0 Å². The Morgan fingerprint density at radius 1 is 0.290 bits per heavy atom. The van der Waals surface area contributed by atoms with Gasteiger partial charge in [0.15, 0.2) is 0 Å². The van der Waals surface area contributed by atoms with Gasteiger partial charge < -0.3 is 9.32 Å². The highest BCUT2D eigenvalue weighted by Crippen LogP contribution is 2.47. The zero-order valence-corrected chi connectivity index (χ0v) is 33.9. The number of furan rings is 1. The third-order valence-corrected chi connectivity index (χ3v) is 12.5. The molecule has 0 N–H and O–H groups in total. The lowest BCUT2D eigenvalue weighted by atomic mass is 9.93. The largest absolute Gasteiger partial charge is 0.455 e. The Bertz CT molecular complexity index is 3610. The molecule has 0 aliphatic rings. The molecule has 2 heteroatoms. The molecule has 0 saturated heterocycles. The average molecular weight is 790 g/mol. The Kier molecular flexibility index (Phi) is 8.53. The molecule has 0 fully saturated rings.